The summed E-state index contributed by atoms with van der Waals surface area (Å²) in [6.07, 6.45) is 2.67. The smallest absolute Gasteiger partial charge is 0.257 e. The van der Waals surface area contributed by atoms with Crippen molar-refractivity contribution >= 4 is 33.2 Å². The molecule has 2 rings (SSSR count). The Balaban J connectivity index is 2.27. The van der Waals surface area contributed by atoms with Crippen LogP contribution in [-0.2, 0) is 10.0 Å². The molecule has 0 unspecified atom stereocenters. The molecule has 1 aromatic heterocycles. The number of benzene rings is 1. The van der Waals surface area contributed by atoms with Gasteiger partial charge in [0.25, 0.3) is 5.91 Å². The van der Waals surface area contributed by atoms with Crippen LogP contribution in [0, 0.1) is 5.82 Å². The molecule has 9 heteroatoms. The van der Waals surface area contributed by atoms with Gasteiger partial charge in [0.1, 0.15) is 10.7 Å². The number of nitrogens with one attached hydrogen (secondary N) is 1. The molecule has 1 amide bonds. The number of nitrogens with two attached hydrogens (primary N) is 1. The summed E-state index contributed by atoms with van der Waals surface area (Å²) in [4.78, 5) is 15.0. The summed E-state index contributed by atoms with van der Waals surface area (Å²) in [5, 5.41) is 7.37. The quantitative estimate of drug-likeness (QED) is 0.895. The minimum atomic E-state index is -4.15. The zero-order valence-corrected chi connectivity index (χ0v) is 12.0. The van der Waals surface area contributed by atoms with Crippen LogP contribution in [0.4, 0.5) is 10.1 Å². The maximum atomic E-state index is 13.6. The van der Waals surface area contributed by atoms with Crippen molar-refractivity contribution in [3.8, 4) is 0 Å². The normalized spacial score (nSPS) is 11.2. The van der Waals surface area contributed by atoms with Gasteiger partial charge in [0.2, 0.25) is 10.0 Å². The van der Waals surface area contributed by atoms with Crippen molar-refractivity contribution in [2.45, 2.75) is 4.90 Å². The predicted molar refractivity (Wildman–Crippen MR) is 75.0 cm³/mol. The third kappa shape index (κ3) is 3.54. The minimum absolute atomic E-state index is 0.0674. The van der Waals surface area contributed by atoms with Gasteiger partial charge in [0.15, 0.2) is 0 Å². The summed E-state index contributed by atoms with van der Waals surface area (Å²) in [6.45, 7) is 0. The first kappa shape index (κ1) is 15.4. The average molecular weight is 330 g/mol. The Kier molecular flexibility index (Phi) is 4.21. The minimum Gasteiger partial charge on any atom is -0.322 e. The fourth-order valence-electron chi connectivity index (χ4n) is 1.57. The third-order valence-electron chi connectivity index (χ3n) is 2.51. The number of halogens is 2. The van der Waals surface area contributed by atoms with E-state index in [0.717, 1.165) is 12.1 Å². The molecule has 6 nitrogen and oxygen atoms in total. The molecule has 0 atom stereocenters. The van der Waals surface area contributed by atoms with E-state index in [1.54, 1.807) is 0 Å². The van der Waals surface area contributed by atoms with Crippen LogP contribution < -0.4 is 10.5 Å². The Morgan fingerprint density at radius 2 is 2.05 bits per heavy atom. The van der Waals surface area contributed by atoms with Gasteiger partial charge in [-0.05, 0) is 24.3 Å². The van der Waals surface area contributed by atoms with Gasteiger partial charge >= 0.3 is 0 Å². The number of hydrogen-bond donors (Lipinski definition) is 2. The standard InChI is InChI=1S/C12H9ClFN3O3S/c13-9-6-16-4-3-8(9)12(18)17-7-1-2-11(10(14)5-7)21(15,19)20/h1-6H,(H,17,18)(H2,15,19,20). The molecule has 3 N–H and O–H groups in total. The summed E-state index contributed by atoms with van der Waals surface area (Å²) in [5.74, 6) is -1.64. The van der Waals surface area contributed by atoms with Gasteiger partial charge in [0, 0.05) is 18.1 Å². The van der Waals surface area contributed by atoms with E-state index in [4.69, 9.17) is 16.7 Å². The van der Waals surface area contributed by atoms with Gasteiger partial charge in [-0.25, -0.2) is 17.9 Å². The highest BCUT2D eigenvalue weighted by Crippen LogP contribution is 2.20. The molecule has 0 aliphatic heterocycles. The van der Waals surface area contributed by atoms with Crippen LogP contribution in [0.2, 0.25) is 5.02 Å². The Morgan fingerprint density at radius 3 is 2.62 bits per heavy atom. The number of pyridine rings is 1. The van der Waals surface area contributed by atoms with Gasteiger partial charge in [-0.1, -0.05) is 11.6 Å². The highest BCUT2D eigenvalue weighted by atomic mass is 35.5. The average Bonchev–Trinajstić information content (AvgIpc) is 2.37. The summed E-state index contributed by atoms with van der Waals surface area (Å²) in [7, 11) is -4.15. The molecular formula is C12H9ClFN3O3S. The van der Waals surface area contributed by atoms with Crippen molar-refractivity contribution < 1.29 is 17.6 Å². The molecular weight excluding hydrogens is 321 g/mol. The van der Waals surface area contributed by atoms with Gasteiger partial charge < -0.3 is 5.32 Å². The maximum absolute atomic E-state index is 13.6. The Labute approximate surface area is 124 Å². The summed E-state index contributed by atoms with van der Waals surface area (Å²) in [5.41, 5.74) is 0.223. The molecule has 1 aromatic carbocycles. The Bertz CT molecular complexity index is 811. The zero-order chi connectivity index (χ0) is 15.6. The fourth-order valence-corrected chi connectivity index (χ4v) is 2.36. The lowest BCUT2D eigenvalue weighted by Crippen LogP contribution is -2.16. The molecule has 0 spiro atoms. The first-order valence-corrected chi connectivity index (χ1v) is 7.44. The van der Waals surface area contributed by atoms with Crippen molar-refractivity contribution in [3.63, 3.8) is 0 Å². The second-order valence-electron chi connectivity index (χ2n) is 4.00. The molecule has 110 valence electrons. The second kappa shape index (κ2) is 5.76. The van der Waals surface area contributed by atoms with Crippen LogP contribution in [0.15, 0.2) is 41.6 Å². The zero-order valence-electron chi connectivity index (χ0n) is 10.4. The van der Waals surface area contributed by atoms with Crippen molar-refractivity contribution in [2.75, 3.05) is 5.32 Å². The molecule has 0 aliphatic carbocycles. The second-order valence-corrected chi connectivity index (χ2v) is 5.94. The predicted octanol–water partition coefficient (Wildman–Crippen LogP) is 1.77. The molecule has 0 saturated heterocycles. The molecule has 2 aromatic rings. The number of carbonyl (C=O) groups is 1. The van der Waals surface area contributed by atoms with Crippen LogP contribution in [0.5, 0.6) is 0 Å². The number of sulfonamides is 1. The number of hydrogen-bond acceptors (Lipinski definition) is 4. The van der Waals surface area contributed by atoms with Crippen LogP contribution in [0.25, 0.3) is 0 Å². The number of carbonyl (C=O) groups excluding carboxylic acids is 1. The molecule has 21 heavy (non-hydrogen) atoms. The van der Waals surface area contributed by atoms with E-state index in [2.05, 4.69) is 10.3 Å². The molecule has 0 bridgehead atoms. The SMILES string of the molecule is NS(=O)(=O)c1ccc(NC(=O)c2ccncc2Cl)cc1F. The van der Waals surface area contributed by atoms with Crippen LogP contribution in [0.1, 0.15) is 10.4 Å². The monoisotopic (exact) mass is 329 g/mol. The van der Waals surface area contributed by atoms with Gasteiger partial charge in [-0.15, -0.1) is 0 Å². The summed E-state index contributed by atoms with van der Waals surface area (Å²) in [6, 6.07) is 4.43. The fraction of sp³-hybridized carbons (Fsp3) is 0. The lowest BCUT2D eigenvalue weighted by Gasteiger charge is -2.08. The lowest BCUT2D eigenvalue weighted by molar-refractivity contribution is 0.102. The van der Waals surface area contributed by atoms with E-state index >= 15 is 0 Å². The number of primary sulfonamides is 1. The number of anilines is 1. The number of aromatic nitrogens is 1. The first-order chi connectivity index (χ1) is 9.79. The highest BCUT2D eigenvalue weighted by Gasteiger charge is 2.16. The van der Waals surface area contributed by atoms with Crippen molar-refractivity contribution in [1.82, 2.24) is 4.98 Å². The topological polar surface area (TPSA) is 102 Å². The van der Waals surface area contributed by atoms with Crippen molar-refractivity contribution in [3.05, 3.63) is 53.1 Å². The van der Waals surface area contributed by atoms with E-state index in [1.165, 1.54) is 24.5 Å². The van der Waals surface area contributed by atoms with Crippen molar-refractivity contribution in [2.24, 2.45) is 5.14 Å². The van der Waals surface area contributed by atoms with E-state index in [0.29, 0.717) is 0 Å². The van der Waals surface area contributed by atoms with Gasteiger partial charge in [-0.2, -0.15) is 0 Å². The molecule has 0 aliphatic rings. The summed E-state index contributed by atoms with van der Waals surface area (Å²) < 4.78 is 35.8. The highest BCUT2D eigenvalue weighted by molar-refractivity contribution is 7.89. The van der Waals surface area contributed by atoms with Crippen molar-refractivity contribution in [1.29, 1.82) is 0 Å². The molecule has 0 radical (unpaired) electrons. The Hall–Kier alpha value is -2.03. The van der Waals surface area contributed by atoms with Crippen LogP contribution >= 0.6 is 11.6 Å². The van der Waals surface area contributed by atoms with Crippen LogP contribution in [0.3, 0.4) is 0 Å². The Morgan fingerprint density at radius 1 is 1.33 bits per heavy atom. The largest absolute Gasteiger partial charge is 0.322 e. The lowest BCUT2D eigenvalue weighted by atomic mass is 10.2. The van der Waals surface area contributed by atoms with Gasteiger partial charge in [-0.3, -0.25) is 9.78 Å². The summed E-state index contributed by atoms with van der Waals surface area (Å²) >= 11 is 5.81. The van der Waals surface area contributed by atoms with E-state index in [9.17, 15) is 17.6 Å². The third-order valence-corrected chi connectivity index (χ3v) is 3.76. The van der Waals surface area contributed by atoms with E-state index in [-0.39, 0.29) is 16.3 Å². The van der Waals surface area contributed by atoms with Crippen LogP contribution in [-0.4, -0.2) is 19.3 Å². The van der Waals surface area contributed by atoms with E-state index in [1.807, 2.05) is 0 Å². The number of nitrogens with zero attached hydrogens (tertiary/aromatic N) is 1. The molecule has 1 heterocycles. The first-order valence-electron chi connectivity index (χ1n) is 5.52. The molecule has 0 saturated carbocycles. The van der Waals surface area contributed by atoms with E-state index < -0.39 is 26.6 Å². The number of rotatable bonds is 3. The maximum Gasteiger partial charge on any atom is 0.257 e. The molecule has 0 fully saturated rings. The number of amides is 1. The van der Waals surface area contributed by atoms with Gasteiger partial charge in [0.05, 0.1) is 10.6 Å².